The SMILES string of the molecule is C=CCCC(=O)NC[C@H](OC(=O)[C@@H]1[C@@H]2CC[C@]3(O2)[C@H](C(=O)N(CC=C)C(C)CCC)N([C@H](C)CO)C(=O)[C@@H]13)c1ccccc1. The van der Waals surface area contributed by atoms with Gasteiger partial charge in [0.25, 0.3) is 0 Å². The van der Waals surface area contributed by atoms with Crippen molar-refractivity contribution in [3.05, 3.63) is 61.2 Å². The van der Waals surface area contributed by atoms with Gasteiger partial charge >= 0.3 is 5.97 Å². The minimum atomic E-state index is -1.21. The molecule has 1 aromatic rings. The summed E-state index contributed by atoms with van der Waals surface area (Å²) in [6.07, 6.45) is 5.34. The van der Waals surface area contributed by atoms with Crippen molar-refractivity contribution in [2.75, 3.05) is 19.7 Å². The lowest BCUT2D eigenvalue weighted by Gasteiger charge is -2.40. The van der Waals surface area contributed by atoms with Crippen LogP contribution in [0.4, 0.5) is 0 Å². The monoisotopic (exact) mass is 609 g/mol. The van der Waals surface area contributed by atoms with Crippen LogP contribution in [-0.4, -0.2) is 88.1 Å². The van der Waals surface area contributed by atoms with Crippen molar-refractivity contribution < 1.29 is 33.8 Å². The maximum absolute atomic E-state index is 14.4. The Bertz CT molecular complexity index is 1220. The fraction of sp³-hybridized carbons (Fsp3) is 0.588. The van der Waals surface area contributed by atoms with Crippen LogP contribution in [0.15, 0.2) is 55.6 Å². The van der Waals surface area contributed by atoms with E-state index in [1.165, 1.54) is 4.90 Å². The zero-order chi connectivity index (χ0) is 32.0. The molecule has 3 fully saturated rings. The summed E-state index contributed by atoms with van der Waals surface area (Å²) in [5.41, 5.74) is -0.506. The number of amides is 3. The minimum Gasteiger partial charge on any atom is -0.455 e. The number of rotatable bonds is 16. The van der Waals surface area contributed by atoms with E-state index in [-0.39, 0.29) is 43.3 Å². The molecule has 1 unspecified atom stereocenters. The van der Waals surface area contributed by atoms with Crippen molar-refractivity contribution in [3.8, 4) is 0 Å². The predicted octanol–water partition coefficient (Wildman–Crippen LogP) is 3.31. The molecule has 10 nitrogen and oxygen atoms in total. The van der Waals surface area contributed by atoms with Crippen LogP contribution in [-0.2, 0) is 28.7 Å². The van der Waals surface area contributed by atoms with Gasteiger partial charge in [-0.3, -0.25) is 19.2 Å². The topological polar surface area (TPSA) is 125 Å². The molecular formula is C34H47N3O7. The van der Waals surface area contributed by atoms with E-state index in [0.717, 1.165) is 12.8 Å². The summed E-state index contributed by atoms with van der Waals surface area (Å²) in [6, 6.07) is 7.38. The third-order valence-electron chi connectivity index (χ3n) is 9.32. The molecule has 44 heavy (non-hydrogen) atoms. The first-order valence-corrected chi connectivity index (χ1v) is 15.8. The van der Waals surface area contributed by atoms with Crippen molar-refractivity contribution >= 4 is 23.7 Å². The van der Waals surface area contributed by atoms with E-state index in [2.05, 4.69) is 18.5 Å². The number of esters is 1. The van der Waals surface area contributed by atoms with E-state index < -0.39 is 47.7 Å². The maximum Gasteiger partial charge on any atom is 0.313 e. The van der Waals surface area contributed by atoms with Crippen LogP contribution in [0.2, 0.25) is 0 Å². The fourth-order valence-corrected chi connectivity index (χ4v) is 7.20. The molecule has 10 heteroatoms. The van der Waals surface area contributed by atoms with Gasteiger partial charge in [0, 0.05) is 19.0 Å². The molecule has 1 spiro atoms. The van der Waals surface area contributed by atoms with Crippen LogP contribution in [0.25, 0.3) is 0 Å². The molecule has 3 aliphatic rings. The highest BCUT2D eigenvalue weighted by Gasteiger charge is 2.75. The molecule has 0 radical (unpaired) electrons. The highest BCUT2D eigenvalue weighted by molar-refractivity contribution is 5.98. The van der Waals surface area contributed by atoms with Gasteiger partial charge < -0.3 is 29.7 Å². The van der Waals surface area contributed by atoms with Crippen molar-refractivity contribution in [1.29, 1.82) is 0 Å². The average Bonchev–Trinajstić information content (AvgIpc) is 3.67. The number of benzene rings is 1. The summed E-state index contributed by atoms with van der Waals surface area (Å²) in [5.74, 6) is -3.29. The quantitative estimate of drug-likeness (QED) is 0.218. The third kappa shape index (κ3) is 6.33. The number of likely N-dealkylation sites (tertiary alicyclic amines) is 1. The van der Waals surface area contributed by atoms with Gasteiger partial charge in [0.1, 0.15) is 17.7 Å². The summed E-state index contributed by atoms with van der Waals surface area (Å²) < 4.78 is 12.6. The number of hydrogen-bond donors (Lipinski definition) is 2. The first kappa shape index (κ1) is 33.4. The zero-order valence-corrected chi connectivity index (χ0v) is 26.2. The Balaban J connectivity index is 1.64. The second-order valence-electron chi connectivity index (χ2n) is 12.2. The molecule has 3 aliphatic heterocycles. The van der Waals surface area contributed by atoms with Gasteiger partial charge in [0.15, 0.2) is 0 Å². The number of carbonyl (C=O) groups excluding carboxylic acids is 4. The van der Waals surface area contributed by atoms with E-state index in [9.17, 15) is 24.3 Å². The zero-order valence-electron chi connectivity index (χ0n) is 26.2. The number of nitrogens with zero attached hydrogens (tertiary/aromatic N) is 2. The highest BCUT2D eigenvalue weighted by atomic mass is 16.6. The number of nitrogens with one attached hydrogen (secondary N) is 1. The normalized spacial score (nSPS) is 27.3. The molecule has 1 aromatic carbocycles. The molecule has 3 saturated heterocycles. The van der Waals surface area contributed by atoms with E-state index in [1.54, 1.807) is 24.0 Å². The predicted molar refractivity (Wildman–Crippen MR) is 165 cm³/mol. The Kier molecular flexibility index (Phi) is 11.0. The highest BCUT2D eigenvalue weighted by Crippen LogP contribution is 2.59. The lowest BCUT2D eigenvalue weighted by atomic mass is 9.70. The molecule has 2 bridgehead atoms. The Hall–Kier alpha value is -3.50. The first-order valence-electron chi connectivity index (χ1n) is 15.8. The maximum atomic E-state index is 14.4. The Labute approximate surface area is 260 Å². The number of ether oxygens (including phenoxy) is 2. The number of fused-ring (bicyclic) bond motifs is 1. The molecule has 0 aliphatic carbocycles. The van der Waals surface area contributed by atoms with E-state index >= 15 is 0 Å². The number of carbonyl (C=O) groups is 4. The van der Waals surface area contributed by atoms with Crippen molar-refractivity contribution in [2.45, 2.75) is 95.2 Å². The lowest BCUT2D eigenvalue weighted by Crippen LogP contribution is -2.59. The average molecular weight is 610 g/mol. The molecule has 2 N–H and O–H groups in total. The molecular weight excluding hydrogens is 562 g/mol. The molecule has 240 valence electrons. The van der Waals surface area contributed by atoms with Crippen LogP contribution in [0.5, 0.6) is 0 Å². The lowest BCUT2D eigenvalue weighted by molar-refractivity contribution is -0.161. The second-order valence-corrected chi connectivity index (χ2v) is 12.2. The summed E-state index contributed by atoms with van der Waals surface area (Å²) in [7, 11) is 0. The smallest absolute Gasteiger partial charge is 0.313 e. The summed E-state index contributed by atoms with van der Waals surface area (Å²) in [4.78, 5) is 58.1. The van der Waals surface area contributed by atoms with Crippen LogP contribution >= 0.6 is 0 Å². The van der Waals surface area contributed by atoms with Crippen molar-refractivity contribution in [1.82, 2.24) is 15.1 Å². The summed E-state index contributed by atoms with van der Waals surface area (Å²) >= 11 is 0. The number of aliphatic hydroxyl groups excluding tert-OH is 1. The van der Waals surface area contributed by atoms with Crippen molar-refractivity contribution in [2.24, 2.45) is 11.8 Å². The van der Waals surface area contributed by atoms with Crippen LogP contribution in [0, 0.1) is 11.8 Å². The second kappa shape index (κ2) is 14.5. The van der Waals surface area contributed by atoms with E-state index in [4.69, 9.17) is 9.47 Å². The molecule has 4 rings (SSSR count). The van der Waals surface area contributed by atoms with Crippen LogP contribution in [0.3, 0.4) is 0 Å². The van der Waals surface area contributed by atoms with Crippen molar-refractivity contribution in [3.63, 3.8) is 0 Å². The van der Waals surface area contributed by atoms with Gasteiger partial charge in [0.2, 0.25) is 17.7 Å². The third-order valence-corrected chi connectivity index (χ3v) is 9.32. The fourth-order valence-electron chi connectivity index (χ4n) is 7.20. The van der Waals surface area contributed by atoms with Gasteiger partial charge in [-0.15, -0.1) is 13.2 Å². The van der Waals surface area contributed by atoms with E-state index in [0.29, 0.717) is 31.4 Å². The van der Waals surface area contributed by atoms with Gasteiger partial charge in [-0.2, -0.15) is 0 Å². The minimum absolute atomic E-state index is 0.0638. The van der Waals surface area contributed by atoms with Gasteiger partial charge in [-0.25, -0.2) is 0 Å². The molecule has 8 atom stereocenters. The Morgan fingerprint density at radius 3 is 2.59 bits per heavy atom. The van der Waals surface area contributed by atoms with Gasteiger partial charge in [-0.05, 0) is 45.1 Å². The number of aliphatic hydroxyl groups is 1. The first-order chi connectivity index (χ1) is 21.1. The standard InChI is InChI=1S/C34H47N3O7/c1-6-9-16-27(39)35-20-26(24-14-11-10-12-15-24)43-33(42)28-25-17-18-34(44-25)29(28)31(40)37(23(5)21-38)30(34)32(41)36(19-8-3)22(4)13-7-2/h6,8,10-12,14-15,22-23,25-26,28-30,38H,1,3,7,9,13,16-21H2,2,4-5H3,(H,35,39)/t22?,23-,25+,26+,28-,29-,30+,34-/m1/s1. The van der Waals surface area contributed by atoms with E-state index in [1.807, 2.05) is 44.2 Å². The molecule has 0 aromatic heterocycles. The molecule has 3 amide bonds. The summed E-state index contributed by atoms with van der Waals surface area (Å²) in [6.45, 7) is 13.2. The number of allylic oxidation sites excluding steroid dienone is 1. The van der Waals surface area contributed by atoms with Gasteiger partial charge in [-0.1, -0.05) is 55.8 Å². The number of hydrogen-bond acceptors (Lipinski definition) is 7. The molecule has 3 heterocycles. The van der Waals surface area contributed by atoms with Gasteiger partial charge in [0.05, 0.1) is 37.1 Å². The summed E-state index contributed by atoms with van der Waals surface area (Å²) in [5, 5.41) is 13.0. The Morgan fingerprint density at radius 1 is 1.23 bits per heavy atom. The van der Waals surface area contributed by atoms with Crippen LogP contribution in [0.1, 0.15) is 71.0 Å². The van der Waals surface area contributed by atoms with Crippen LogP contribution < -0.4 is 5.32 Å². The Morgan fingerprint density at radius 2 is 1.95 bits per heavy atom. The molecule has 0 saturated carbocycles. The largest absolute Gasteiger partial charge is 0.455 e.